The van der Waals surface area contributed by atoms with Gasteiger partial charge in [0.25, 0.3) is 0 Å². The van der Waals surface area contributed by atoms with E-state index in [1.54, 1.807) is 0 Å². The Kier molecular flexibility index (Phi) is 42.6. The van der Waals surface area contributed by atoms with Gasteiger partial charge in [-0.1, -0.05) is 204 Å². The zero-order chi connectivity index (χ0) is 36.3. The molecule has 0 aromatic carbocycles. The topological polar surface area (TPSA) is 55.8 Å². The van der Waals surface area contributed by atoms with Crippen LogP contribution in [0, 0.1) is 0 Å². The van der Waals surface area contributed by atoms with E-state index in [2.05, 4.69) is 50.3 Å². The fourth-order valence-corrected chi connectivity index (χ4v) is 6.39. The molecule has 0 aliphatic rings. The van der Waals surface area contributed by atoms with Gasteiger partial charge in [0.05, 0.1) is 13.2 Å². The maximum absolute atomic E-state index is 12.2. The molecule has 0 radical (unpaired) electrons. The molecule has 1 atom stereocenters. The summed E-state index contributed by atoms with van der Waals surface area (Å²) in [6, 6.07) is 0. The lowest BCUT2D eigenvalue weighted by Gasteiger charge is -2.16. The minimum Gasteiger partial charge on any atom is -0.457 e. The number of rotatable bonds is 41. The Morgan fingerprint density at radius 1 is 0.480 bits per heavy atom. The molecule has 0 saturated carbocycles. The highest BCUT2D eigenvalue weighted by atomic mass is 16.6. The van der Waals surface area contributed by atoms with Gasteiger partial charge in [-0.3, -0.25) is 4.79 Å². The highest BCUT2D eigenvalue weighted by Gasteiger charge is 2.13. The maximum atomic E-state index is 12.2. The maximum Gasteiger partial charge on any atom is 0.306 e. The molecule has 1 N–H and O–H groups in total. The van der Waals surface area contributed by atoms with Gasteiger partial charge in [0.1, 0.15) is 6.10 Å². The van der Waals surface area contributed by atoms with Crippen LogP contribution in [-0.4, -0.2) is 37.0 Å². The van der Waals surface area contributed by atoms with Crippen molar-refractivity contribution in [3.05, 3.63) is 36.5 Å². The van der Waals surface area contributed by atoms with Crippen LogP contribution in [0.25, 0.3) is 0 Å². The average Bonchev–Trinajstić information content (AvgIpc) is 3.12. The van der Waals surface area contributed by atoms with Crippen LogP contribution in [0.1, 0.15) is 226 Å². The number of aliphatic hydroxyl groups excluding tert-OH is 1. The summed E-state index contributed by atoms with van der Waals surface area (Å²) in [5.74, 6) is -0.205. The number of carbonyl (C=O) groups excluding carboxylic acids is 1. The van der Waals surface area contributed by atoms with Crippen LogP contribution in [0.3, 0.4) is 0 Å². The second-order valence-corrected chi connectivity index (χ2v) is 14.8. The number of esters is 1. The van der Waals surface area contributed by atoms with Gasteiger partial charge in [-0.25, -0.2) is 0 Å². The van der Waals surface area contributed by atoms with Crippen molar-refractivity contribution in [3.8, 4) is 0 Å². The lowest BCUT2D eigenvalue weighted by atomic mass is 10.0. The van der Waals surface area contributed by atoms with Gasteiger partial charge in [0, 0.05) is 13.0 Å². The summed E-state index contributed by atoms with van der Waals surface area (Å²) in [4.78, 5) is 12.2. The number of allylic oxidation sites excluding steroid dienone is 6. The molecule has 4 nitrogen and oxygen atoms in total. The summed E-state index contributed by atoms with van der Waals surface area (Å²) in [6.45, 7) is 5.36. The van der Waals surface area contributed by atoms with Crippen LogP contribution in [0.5, 0.6) is 0 Å². The number of hydrogen-bond donors (Lipinski definition) is 1. The first-order valence-electron chi connectivity index (χ1n) is 22.1. The van der Waals surface area contributed by atoms with Crippen molar-refractivity contribution in [2.45, 2.75) is 232 Å². The van der Waals surface area contributed by atoms with Gasteiger partial charge in [0.2, 0.25) is 0 Å². The van der Waals surface area contributed by atoms with Crippen LogP contribution in [0.15, 0.2) is 36.5 Å². The predicted molar refractivity (Wildman–Crippen MR) is 219 cm³/mol. The van der Waals surface area contributed by atoms with Crippen LogP contribution in [-0.2, 0) is 14.3 Å². The Morgan fingerprint density at radius 3 is 1.26 bits per heavy atom. The van der Waals surface area contributed by atoms with E-state index in [0.717, 1.165) is 32.1 Å². The molecule has 294 valence electrons. The Morgan fingerprint density at radius 2 is 0.840 bits per heavy atom. The SMILES string of the molecule is CCCCCCC/C=C\C/C=C\C/C=C\CCCCCCCCCCC(=O)OC(CO)COCCCCCCCCCCCCCCCCC. The van der Waals surface area contributed by atoms with E-state index in [4.69, 9.17) is 9.47 Å². The minimum atomic E-state index is -0.535. The van der Waals surface area contributed by atoms with Crippen LogP contribution >= 0.6 is 0 Å². The molecule has 50 heavy (non-hydrogen) atoms. The molecule has 1 unspecified atom stereocenters. The normalized spacial score (nSPS) is 12.6. The van der Waals surface area contributed by atoms with Crippen molar-refractivity contribution in [1.82, 2.24) is 0 Å². The fourth-order valence-electron chi connectivity index (χ4n) is 6.39. The van der Waals surface area contributed by atoms with Gasteiger partial charge in [-0.2, -0.15) is 0 Å². The molecule has 0 aromatic heterocycles. The summed E-state index contributed by atoms with van der Waals surface area (Å²) < 4.78 is 11.2. The molecule has 0 rings (SSSR count). The summed E-state index contributed by atoms with van der Waals surface area (Å²) in [6.07, 6.45) is 54.9. The van der Waals surface area contributed by atoms with E-state index in [9.17, 15) is 9.90 Å². The molecule has 0 aliphatic heterocycles. The summed E-state index contributed by atoms with van der Waals surface area (Å²) >= 11 is 0. The van der Waals surface area contributed by atoms with E-state index in [1.807, 2.05) is 0 Å². The molecule has 0 heterocycles. The Hall–Kier alpha value is -1.39. The quantitative estimate of drug-likeness (QED) is 0.0391. The summed E-state index contributed by atoms with van der Waals surface area (Å²) in [5.41, 5.74) is 0. The average molecular weight is 703 g/mol. The van der Waals surface area contributed by atoms with Crippen molar-refractivity contribution in [2.24, 2.45) is 0 Å². The van der Waals surface area contributed by atoms with E-state index < -0.39 is 6.10 Å². The zero-order valence-electron chi connectivity index (χ0n) is 33.7. The number of ether oxygens (including phenoxy) is 2. The minimum absolute atomic E-state index is 0.172. The molecular formula is C46H86O4. The third-order valence-electron chi connectivity index (χ3n) is 9.72. The number of aliphatic hydroxyl groups is 1. The van der Waals surface area contributed by atoms with Crippen molar-refractivity contribution in [3.63, 3.8) is 0 Å². The predicted octanol–water partition coefficient (Wildman–Crippen LogP) is 14.5. The van der Waals surface area contributed by atoms with Gasteiger partial charge < -0.3 is 14.6 Å². The number of carbonyl (C=O) groups is 1. The van der Waals surface area contributed by atoms with Gasteiger partial charge in [-0.15, -0.1) is 0 Å². The van der Waals surface area contributed by atoms with Crippen LogP contribution in [0.2, 0.25) is 0 Å². The smallest absolute Gasteiger partial charge is 0.306 e. The van der Waals surface area contributed by atoms with Gasteiger partial charge >= 0.3 is 5.97 Å². The van der Waals surface area contributed by atoms with E-state index in [1.165, 1.54) is 173 Å². The highest BCUT2D eigenvalue weighted by Crippen LogP contribution is 2.14. The Labute approximate surface area is 312 Å². The van der Waals surface area contributed by atoms with Crippen molar-refractivity contribution in [1.29, 1.82) is 0 Å². The monoisotopic (exact) mass is 703 g/mol. The first-order valence-corrected chi connectivity index (χ1v) is 22.1. The molecule has 0 aromatic rings. The summed E-state index contributed by atoms with van der Waals surface area (Å²) in [7, 11) is 0. The third-order valence-corrected chi connectivity index (χ3v) is 9.72. The van der Waals surface area contributed by atoms with E-state index in [0.29, 0.717) is 19.6 Å². The van der Waals surface area contributed by atoms with Gasteiger partial charge in [0.15, 0.2) is 0 Å². The van der Waals surface area contributed by atoms with Crippen molar-refractivity contribution < 1.29 is 19.4 Å². The Bertz CT molecular complexity index is 742. The van der Waals surface area contributed by atoms with E-state index in [-0.39, 0.29) is 12.6 Å². The van der Waals surface area contributed by atoms with Crippen molar-refractivity contribution >= 4 is 5.97 Å². The third kappa shape index (κ3) is 41.0. The van der Waals surface area contributed by atoms with E-state index >= 15 is 0 Å². The molecule has 0 aliphatic carbocycles. The molecular weight excluding hydrogens is 617 g/mol. The first kappa shape index (κ1) is 48.6. The largest absolute Gasteiger partial charge is 0.457 e. The van der Waals surface area contributed by atoms with Gasteiger partial charge in [-0.05, 0) is 51.4 Å². The standard InChI is InChI=1S/C46H86O4/c1-3-5-7-9-11-13-15-17-19-20-21-22-23-24-25-26-27-29-31-33-35-37-39-41-46(48)50-45(43-47)44-49-42-40-38-36-34-32-30-28-18-16-14-12-10-8-6-4-2/h15,17,20-21,23-24,45,47H,3-14,16,18-19,22,25-44H2,1-2H3/b17-15-,21-20-,24-23-. The first-order chi connectivity index (χ1) is 24.7. The van der Waals surface area contributed by atoms with Crippen LogP contribution in [0.4, 0.5) is 0 Å². The summed E-state index contributed by atoms with van der Waals surface area (Å²) in [5, 5.41) is 9.60. The fraction of sp³-hybridized carbons (Fsp3) is 0.848. The van der Waals surface area contributed by atoms with Crippen molar-refractivity contribution in [2.75, 3.05) is 19.8 Å². The lowest BCUT2D eigenvalue weighted by Crippen LogP contribution is -2.27. The number of hydrogen-bond acceptors (Lipinski definition) is 4. The lowest BCUT2D eigenvalue weighted by molar-refractivity contribution is -0.154. The second-order valence-electron chi connectivity index (χ2n) is 14.8. The molecule has 0 spiro atoms. The molecule has 4 heteroatoms. The molecule has 0 saturated heterocycles. The Balaban J connectivity index is 3.44. The number of unbranched alkanes of at least 4 members (excludes halogenated alkanes) is 27. The van der Waals surface area contributed by atoms with Crippen LogP contribution < -0.4 is 0 Å². The molecule has 0 amide bonds. The second kappa shape index (κ2) is 43.8. The molecule has 0 fully saturated rings. The highest BCUT2D eigenvalue weighted by molar-refractivity contribution is 5.69. The molecule has 0 bridgehead atoms. The zero-order valence-corrected chi connectivity index (χ0v) is 33.7.